The highest BCUT2D eigenvalue weighted by Gasteiger charge is 2.54. The van der Waals surface area contributed by atoms with Crippen molar-refractivity contribution in [2.45, 2.75) is 25.7 Å². The van der Waals surface area contributed by atoms with Crippen LogP contribution >= 0.6 is 0 Å². The predicted molar refractivity (Wildman–Crippen MR) is 64.4 cm³/mol. The SMILES string of the molecule is O=C(c1cocn1)N1C[C@H]2CCCC[C@@]2(C(=O)O)C1. The van der Waals surface area contributed by atoms with Crippen LogP contribution in [-0.2, 0) is 4.79 Å². The van der Waals surface area contributed by atoms with Crippen LogP contribution in [0.15, 0.2) is 17.1 Å². The van der Waals surface area contributed by atoms with Gasteiger partial charge in [-0.25, -0.2) is 4.98 Å². The van der Waals surface area contributed by atoms with Gasteiger partial charge in [-0.15, -0.1) is 0 Å². The zero-order valence-corrected chi connectivity index (χ0v) is 10.5. The van der Waals surface area contributed by atoms with Crippen molar-refractivity contribution in [1.29, 1.82) is 0 Å². The van der Waals surface area contributed by atoms with E-state index in [4.69, 9.17) is 4.42 Å². The molecule has 6 nitrogen and oxygen atoms in total. The van der Waals surface area contributed by atoms with Gasteiger partial charge in [0.2, 0.25) is 0 Å². The molecule has 0 aromatic carbocycles. The lowest BCUT2D eigenvalue weighted by Gasteiger charge is -2.33. The Labute approximate surface area is 110 Å². The Kier molecular flexibility index (Phi) is 2.80. The molecule has 102 valence electrons. The van der Waals surface area contributed by atoms with Crippen molar-refractivity contribution in [1.82, 2.24) is 9.88 Å². The Morgan fingerprint density at radius 3 is 2.95 bits per heavy atom. The minimum absolute atomic E-state index is 0.0644. The van der Waals surface area contributed by atoms with Gasteiger partial charge in [-0.2, -0.15) is 0 Å². The molecule has 19 heavy (non-hydrogen) atoms. The lowest BCUT2D eigenvalue weighted by molar-refractivity contribution is -0.152. The number of fused-ring (bicyclic) bond motifs is 1. The van der Waals surface area contributed by atoms with Crippen LogP contribution in [0.2, 0.25) is 0 Å². The number of hydrogen-bond acceptors (Lipinski definition) is 4. The van der Waals surface area contributed by atoms with E-state index in [-0.39, 0.29) is 17.5 Å². The van der Waals surface area contributed by atoms with Crippen molar-refractivity contribution in [2.24, 2.45) is 11.3 Å². The number of carbonyl (C=O) groups is 2. The number of likely N-dealkylation sites (tertiary alicyclic amines) is 1. The number of carboxylic acid groups (broad SMARTS) is 1. The molecule has 2 heterocycles. The number of aliphatic carboxylic acids is 1. The molecule has 1 N–H and O–H groups in total. The van der Waals surface area contributed by atoms with Gasteiger partial charge < -0.3 is 14.4 Å². The van der Waals surface area contributed by atoms with Gasteiger partial charge in [0.1, 0.15) is 6.26 Å². The first kappa shape index (κ1) is 12.2. The van der Waals surface area contributed by atoms with Gasteiger partial charge in [-0.05, 0) is 18.8 Å². The molecule has 1 saturated heterocycles. The molecule has 1 saturated carbocycles. The minimum Gasteiger partial charge on any atom is -0.481 e. The summed E-state index contributed by atoms with van der Waals surface area (Å²) in [4.78, 5) is 29.3. The van der Waals surface area contributed by atoms with E-state index in [1.54, 1.807) is 4.90 Å². The molecule has 2 atom stereocenters. The van der Waals surface area contributed by atoms with Crippen LogP contribution in [0.25, 0.3) is 0 Å². The van der Waals surface area contributed by atoms with Crippen LogP contribution in [0, 0.1) is 11.3 Å². The number of carboxylic acids is 1. The van der Waals surface area contributed by atoms with Crippen molar-refractivity contribution in [3.8, 4) is 0 Å². The number of rotatable bonds is 2. The minimum atomic E-state index is -0.771. The predicted octanol–water partition coefficient (Wildman–Crippen LogP) is 1.39. The topological polar surface area (TPSA) is 83.6 Å². The number of hydrogen-bond donors (Lipinski definition) is 1. The lowest BCUT2D eigenvalue weighted by Crippen LogP contribution is -2.41. The van der Waals surface area contributed by atoms with Crippen LogP contribution < -0.4 is 0 Å². The van der Waals surface area contributed by atoms with Crippen LogP contribution in [0.3, 0.4) is 0 Å². The molecule has 0 unspecified atom stereocenters. The average molecular weight is 264 g/mol. The van der Waals surface area contributed by atoms with E-state index < -0.39 is 11.4 Å². The number of nitrogens with zero attached hydrogens (tertiary/aromatic N) is 2. The Balaban J connectivity index is 1.84. The molecule has 1 aliphatic carbocycles. The van der Waals surface area contributed by atoms with Crippen molar-refractivity contribution in [2.75, 3.05) is 13.1 Å². The highest BCUT2D eigenvalue weighted by atomic mass is 16.4. The van der Waals surface area contributed by atoms with Crippen molar-refractivity contribution >= 4 is 11.9 Å². The Morgan fingerprint density at radius 2 is 2.32 bits per heavy atom. The molecule has 0 bridgehead atoms. The van der Waals surface area contributed by atoms with Gasteiger partial charge in [-0.1, -0.05) is 12.8 Å². The standard InChI is InChI=1S/C13H16N2O4/c16-11(10-6-19-8-14-10)15-5-9-3-1-2-4-13(9,7-15)12(17)18/h6,8-9H,1-5,7H2,(H,17,18)/t9-,13-/m1/s1. The van der Waals surface area contributed by atoms with Crippen molar-refractivity contribution in [3.63, 3.8) is 0 Å². The fourth-order valence-electron chi connectivity index (χ4n) is 3.44. The smallest absolute Gasteiger partial charge is 0.311 e. The number of carbonyl (C=O) groups excluding carboxylic acids is 1. The highest BCUT2D eigenvalue weighted by Crippen LogP contribution is 2.47. The van der Waals surface area contributed by atoms with E-state index in [9.17, 15) is 14.7 Å². The summed E-state index contributed by atoms with van der Waals surface area (Å²) in [6, 6.07) is 0. The molecule has 1 aliphatic heterocycles. The van der Waals surface area contributed by atoms with Crippen LogP contribution in [0.5, 0.6) is 0 Å². The number of oxazole rings is 1. The monoisotopic (exact) mass is 264 g/mol. The summed E-state index contributed by atoms with van der Waals surface area (Å²) >= 11 is 0. The molecular weight excluding hydrogens is 248 g/mol. The third-order valence-corrected chi connectivity index (χ3v) is 4.49. The molecule has 2 fully saturated rings. The zero-order chi connectivity index (χ0) is 13.5. The molecule has 0 radical (unpaired) electrons. The molecule has 3 rings (SSSR count). The molecule has 1 amide bonds. The molecule has 6 heteroatoms. The normalized spacial score (nSPS) is 30.1. The van der Waals surface area contributed by atoms with Gasteiger partial charge in [0.05, 0.1) is 5.41 Å². The second-order valence-electron chi connectivity index (χ2n) is 5.46. The third kappa shape index (κ3) is 1.82. The molecule has 1 aromatic heterocycles. The first-order valence-corrected chi connectivity index (χ1v) is 6.54. The average Bonchev–Trinajstić information content (AvgIpc) is 3.05. The maximum Gasteiger partial charge on any atom is 0.311 e. The summed E-state index contributed by atoms with van der Waals surface area (Å²) in [5.41, 5.74) is -0.503. The first-order valence-electron chi connectivity index (χ1n) is 6.54. The largest absolute Gasteiger partial charge is 0.481 e. The second kappa shape index (κ2) is 4.36. The summed E-state index contributed by atoms with van der Waals surface area (Å²) in [6.07, 6.45) is 6.03. The summed E-state index contributed by atoms with van der Waals surface area (Å²) in [5, 5.41) is 9.56. The van der Waals surface area contributed by atoms with E-state index in [0.29, 0.717) is 19.5 Å². The lowest BCUT2D eigenvalue weighted by atomic mass is 9.68. The third-order valence-electron chi connectivity index (χ3n) is 4.49. The summed E-state index contributed by atoms with van der Waals surface area (Å²) in [6.45, 7) is 0.802. The van der Waals surface area contributed by atoms with E-state index in [0.717, 1.165) is 19.3 Å². The Bertz CT molecular complexity index is 499. The van der Waals surface area contributed by atoms with Gasteiger partial charge in [-0.3, -0.25) is 9.59 Å². The summed E-state index contributed by atoms with van der Waals surface area (Å²) in [5.74, 6) is -0.939. The maximum atomic E-state index is 12.2. The molecule has 0 spiro atoms. The number of aromatic nitrogens is 1. The fraction of sp³-hybridized carbons (Fsp3) is 0.615. The van der Waals surface area contributed by atoms with E-state index >= 15 is 0 Å². The zero-order valence-electron chi connectivity index (χ0n) is 10.5. The van der Waals surface area contributed by atoms with Crippen molar-refractivity contribution in [3.05, 3.63) is 18.4 Å². The van der Waals surface area contributed by atoms with Gasteiger partial charge in [0.15, 0.2) is 12.1 Å². The van der Waals surface area contributed by atoms with E-state index in [2.05, 4.69) is 4.98 Å². The Morgan fingerprint density at radius 1 is 1.47 bits per heavy atom. The van der Waals surface area contributed by atoms with Gasteiger partial charge >= 0.3 is 5.97 Å². The molecular formula is C13H16N2O4. The quantitative estimate of drug-likeness (QED) is 0.872. The Hall–Kier alpha value is -1.85. The first-order chi connectivity index (χ1) is 9.13. The van der Waals surface area contributed by atoms with E-state index in [1.165, 1.54) is 12.7 Å². The van der Waals surface area contributed by atoms with Gasteiger partial charge in [0.25, 0.3) is 5.91 Å². The second-order valence-corrected chi connectivity index (χ2v) is 5.46. The van der Waals surface area contributed by atoms with Crippen LogP contribution in [-0.4, -0.2) is 40.0 Å². The molecule has 2 aliphatic rings. The summed E-state index contributed by atoms with van der Waals surface area (Å²) in [7, 11) is 0. The van der Waals surface area contributed by atoms with Crippen molar-refractivity contribution < 1.29 is 19.1 Å². The molecule has 1 aromatic rings. The van der Waals surface area contributed by atoms with Gasteiger partial charge in [0, 0.05) is 13.1 Å². The van der Waals surface area contributed by atoms with Crippen LogP contribution in [0.4, 0.5) is 0 Å². The van der Waals surface area contributed by atoms with Crippen LogP contribution in [0.1, 0.15) is 36.2 Å². The number of amides is 1. The maximum absolute atomic E-state index is 12.2. The highest BCUT2D eigenvalue weighted by molar-refractivity contribution is 5.93. The fourth-order valence-corrected chi connectivity index (χ4v) is 3.44. The van der Waals surface area contributed by atoms with E-state index in [1.807, 2.05) is 0 Å². The summed E-state index contributed by atoms with van der Waals surface area (Å²) < 4.78 is 4.81.